The number of anilines is 1. The molecule has 0 spiro atoms. The molecule has 0 amide bonds. The Hall–Kier alpha value is -3.54. The van der Waals surface area contributed by atoms with E-state index in [1.807, 2.05) is 42.5 Å². The Bertz CT molecular complexity index is 1790. The van der Waals surface area contributed by atoms with Crippen molar-refractivity contribution in [2.75, 3.05) is 90.4 Å². The van der Waals surface area contributed by atoms with E-state index in [-0.39, 0.29) is 23.7 Å². The highest BCUT2D eigenvalue weighted by molar-refractivity contribution is 7.93. The van der Waals surface area contributed by atoms with Gasteiger partial charge < -0.3 is 38.3 Å². The molecule has 2 saturated heterocycles. The smallest absolute Gasteiger partial charge is 0.264 e. The number of hydrogen-bond acceptors (Lipinski definition) is 12. The van der Waals surface area contributed by atoms with Crippen LogP contribution >= 0.6 is 0 Å². The molecule has 53 heavy (non-hydrogen) atoms. The number of sulfonamides is 1. The number of aliphatic hydroxyl groups excluding tert-OH is 1. The minimum absolute atomic E-state index is 0.0521. The van der Waals surface area contributed by atoms with Crippen LogP contribution in [0, 0.1) is 0 Å². The summed E-state index contributed by atoms with van der Waals surface area (Å²) in [4.78, 5) is 6.68. The molecule has 0 radical (unpaired) electrons. The number of nitrogens with zero attached hydrogens (tertiary/aromatic N) is 2. The number of rotatable bonds is 8. The van der Waals surface area contributed by atoms with Gasteiger partial charge in [0.1, 0.15) is 4.90 Å². The van der Waals surface area contributed by atoms with Crippen LogP contribution in [0.25, 0.3) is 10.9 Å². The standard InChI is InChI=1S/C39H49N3O10S/c43-29-30-9-11-31(12-10-30)36-27-35(28-42-14-16-46-18-20-48-22-24-50-25-23-49-21-19-47-17-15-42)51-39(52-36)33-5-1-7-34(26-33)41-53(44,45)37-8-2-4-32-6-3-13-40-38(32)37/h1-13,26,35-36,39,41,43H,14-25,27-29H2. The highest BCUT2D eigenvalue weighted by Crippen LogP contribution is 2.39. The molecule has 6 rings (SSSR count). The van der Waals surface area contributed by atoms with E-state index in [9.17, 15) is 13.5 Å². The molecule has 0 saturated carbocycles. The van der Waals surface area contributed by atoms with Crippen molar-refractivity contribution in [1.29, 1.82) is 0 Å². The van der Waals surface area contributed by atoms with Crippen LogP contribution in [-0.4, -0.2) is 115 Å². The summed E-state index contributed by atoms with van der Waals surface area (Å²) < 4.78 is 71.7. The summed E-state index contributed by atoms with van der Waals surface area (Å²) in [5, 5.41) is 10.4. The van der Waals surface area contributed by atoms with E-state index in [2.05, 4.69) is 14.6 Å². The quantitative estimate of drug-likeness (QED) is 0.262. The van der Waals surface area contributed by atoms with Crippen LogP contribution in [0.1, 0.15) is 35.5 Å². The van der Waals surface area contributed by atoms with Gasteiger partial charge in [-0.05, 0) is 35.4 Å². The van der Waals surface area contributed by atoms with Gasteiger partial charge in [-0.2, -0.15) is 0 Å². The highest BCUT2D eigenvalue weighted by atomic mass is 32.2. The number of nitrogens with one attached hydrogen (secondary N) is 1. The first kappa shape index (κ1) is 39.2. The molecule has 2 fully saturated rings. The fraction of sp³-hybridized carbons (Fsp3) is 0.462. The Balaban J connectivity index is 1.18. The predicted octanol–water partition coefficient (Wildman–Crippen LogP) is 4.47. The zero-order valence-corrected chi connectivity index (χ0v) is 30.7. The second kappa shape index (κ2) is 20.2. The molecule has 3 unspecified atom stereocenters. The van der Waals surface area contributed by atoms with Crippen molar-refractivity contribution in [3.05, 3.63) is 102 Å². The first-order valence-corrected chi connectivity index (χ1v) is 19.5. The normalized spacial score (nSPS) is 22.5. The minimum Gasteiger partial charge on any atom is -0.392 e. The van der Waals surface area contributed by atoms with Gasteiger partial charge in [0.15, 0.2) is 6.29 Å². The maximum Gasteiger partial charge on any atom is 0.264 e. The molecular formula is C39H49N3O10S. The van der Waals surface area contributed by atoms with E-state index in [4.69, 9.17) is 33.2 Å². The van der Waals surface area contributed by atoms with Gasteiger partial charge in [-0.15, -0.1) is 0 Å². The number of ether oxygens (including phenoxy) is 7. The van der Waals surface area contributed by atoms with Gasteiger partial charge in [0.2, 0.25) is 0 Å². The molecule has 2 aliphatic rings. The van der Waals surface area contributed by atoms with Crippen molar-refractivity contribution < 1.29 is 46.7 Å². The Kier molecular flexibility index (Phi) is 14.9. The molecule has 3 atom stereocenters. The monoisotopic (exact) mass is 751 g/mol. The molecule has 3 aromatic carbocycles. The Morgan fingerprint density at radius 2 is 1.34 bits per heavy atom. The molecule has 2 N–H and O–H groups in total. The molecule has 1 aromatic heterocycles. The lowest BCUT2D eigenvalue weighted by molar-refractivity contribution is -0.253. The summed E-state index contributed by atoms with van der Waals surface area (Å²) >= 11 is 0. The van der Waals surface area contributed by atoms with E-state index < -0.39 is 16.3 Å². The average molecular weight is 752 g/mol. The number of aromatic nitrogens is 1. The summed E-state index contributed by atoms with van der Waals surface area (Å²) in [6, 6.07) is 23.5. The van der Waals surface area contributed by atoms with Crippen LogP contribution in [0.2, 0.25) is 0 Å². The fourth-order valence-electron chi connectivity index (χ4n) is 6.24. The minimum atomic E-state index is -3.97. The number of benzene rings is 3. The number of pyridine rings is 1. The third-order valence-electron chi connectivity index (χ3n) is 8.96. The van der Waals surface area contributed by atoms with Crippen molar-refractivity contribution in [2.45, 2.75) is 36.4 Å². The van der Waals surface area contributed by atoms with Gasteiger partial charge in [-0.1, -0.05) is 54.6 Å². The molecular weight excluding hydrogens is 703 g/mol. The first-order chi connectivity index (χ1) is 26.0. The molecule has 13 nitrogen and oxygen atoms in total. The summed E-state index contributed by atoms with van der Waals surface area (Å²) in [6.45, 7) is 6.81. The predicted molar refractivity (Wildman–Crippen MR) is 198 cm³/mol. The second-order valence-corrected chi connectivity index (χ2v) is 14.4. The molecule has 2 aliphatic heterocycles. The molecule has 3 heterocycles. The molecule has 0 bridgehead atoms. The number of hydrogen-bond donors (Lipinski definition) is 2. The Morgan fingerprint density at radius 3 is 2.00 bits per heavy atom. The van der Waals surface area contributed by atoms with Crippen LogP contribution in [0.4, 0.5) is 5.69 Å². The lowest BCUT2D eigenvalue weighted by Crippen LogP contribution is -2.42. The SMILES string of the molecule is O=S(=O)(Nc1cccc(C2OC(CN3CCOCCOCCOCCOCCOCC3)CC(c3ccc(CO)cc3)O2)c1)c1cccc2cccnc12. The van der Waals surface area contributed by atoms with Gasteiger partial charge in [0, 0.05) is 48.9 Å². The second-order valence-electron chi connectivity index (χ2n) is 12.8. The van der Waals surface area contributed by atoms with Gasteiger partial charge in [-0.25, -0.2) is 8.42 Å². The zero-order valence-electron chi connectivity index (χ0n) is 29.8. The highest BCUT2D eigenvalue weighted by Gasteiger charge is 2.33. The van der Waals surface area contributed by atoms with E-state index in [1.165, 1.54) is 0 Å². The molecule has 286 valence electrons. The number of aliphatic hydroxyl groups is 1. The topological polar surface area (TPSA) is 147 Å². The van der Waals surface area contributed by atoms with Crippen LogP contribution < -0.4 is 4.72 Å². The van der Waals surface area contributed by atoms with Gasteiger partial charge in [0.05, 0.1) is 90.4 Å². The van der Waals surface area contributed by atoms with Gasteiger partial charge >= 0.3 is 0 Å². The zero-order chi connectivity index (χ0) is 36.7. The number of para-hydroxylation sites is 1. The van der Waals surface area contributed by atoms with E-state index in [0.717, 1.165) is 16.5 Å². The van der Waals surface area contributed by atoms with Crippen LogP contribution in [0.5, 0.6) is 0 Å². The van der Waals surface area contributed by atoms with E-state index in [1.54, 1.807) is 42.6 Å². The summed E-state index contributed by atoms with van der Waals surface area (Å²) in [6.07, 6.45) is 0.807. The molecule has 4 aromatic rings. The first-order valence-electron chi connectivity index (χ1n) is 18.1. The summed E-state index contributed by atoms with van der Waals surface area (Å²) in [5.74, 6) is 0. The maximum absolute atomic E-state index is 13.6. The largest absolute Gasteiger partial charge is 0.392 e. The van der Waals surface area contributed by atoms with Crippen molar-refractivity contribution in [3.8, 4) is 0 Å². The van der Waals surface area contributed by atoms with Crippen LogP contribution in [0.3, 0.4) is 0 Å². The lowest BCUT2D eigenvalue weighted by atomic mass is 9.99. The van der Waals surface area contributed by atoms with E-state index >= 15 is 0 Å². The third-order valence-corrected chi connectivity index (χ3v) is 10.4. The van der Waals surface area contributed by atoms with Gasteiger partial charge in [0.25, 0.3) is 10.0 Å². The van der Waals surface area contributed by atoms with Crippen LogP contribution in [0.15, 0.2) is 90.0 Å². The molecule has 14 heteroatoms. The van der Waals surface area contributed by atoms with Crippen molar-refractivity contribution in [3.63, 3.8) is 0 Å². The Morgan fingerprint density at radius 1 is 0.717 bits per heavy atom. The summed E-state index contributed by atoms with van der Waals surface area (Å²) in [5.41, 5.74) is 3.20. The van der Waals surface area contributed by atoms with Crippen molar-refractivity contribution in [2.24, 2.45) is 0 Å². The van der Waals surface area contributed by atoms with Crippen LogP contribution in [-0.2, 0) is 49.8 Å². The van der Waals surface area contributed by atoms with Gasteiger partial charge in [-0.3, -0.25) is 14.6 Å². The molecule has 0 aliphatic carbocycles. The lowest BCUT2D eigenvalue weighted by Gasteiger charge is -2.38. The third kappa shape index (κ3) is 11.7. The fourth-order valence-corrected chi connectivity index (χ4v) is 7.47. The summed E-state index contributed by atoms with van der Waals surface area (Å²) in [7, 11) is -3.97. The van der Waals surface area contributed by atoms with E-state index in [0.29, 0.717) is 109 Å². The maximum atomic E-state index is 13.6. The average Bonchev–Trinajstić information content (AvgIpc) is 3.18. The Labute approximate surface area is 311 Å². The van der Waals surface area contributed by atoms with Crippen molar-refractivity contribution in [1.82, 2.24) is 9.88 Å². The number of fused-ring (bicyclic) bond motifs is 1. The van der Waals surface area contributed by atoms with Crippen molar-refractivity contribution >= 4 is 26.6 Å².